The van der Waals surface area contributed by atoms with Crippen molar-refractivity contribution in [3.05, 3.63) is 5.69 Å². The molecule has 0 aliphatic heterocycles. The summed E-state index contributed by atoms with van der Waals surface area (Å²) in [6.07, 6.45) is 8.63. The van der Waals surface area contributed by atoms with Crippen LogP contribution in [0, 0.1) is 0 Å². The highest BCUT2D eigenvalue weighted by atomic mass is 15.4. The first-order chi connectivity index (χ1) is 8.81. The van der Waals surface area contributed by atoms with E-state index in [0.29, 0.717) is 11.9 Å². The van der Waals surface area contributed by atoms with Crippen molar-refractivity contribution in [2.24, 2.45) is 0 Å². The average Bonchev–Trinajstić information content (AvgIpc) is 2.80. The van der Waals surface area contributed by atoms with Gasteiger partial charge < -0.3 is 5.73 Å². The summed E-state index contributed by atoms with van der Waals surface area (Å²) in [4.78, 5) is 0. The van der Waals surface area contributed by atoms with Crippen molar-refractivity contribution >= 4 is 16.9 Å². The average molecular weight is 247 g/mol. The molecule has 0 amide bonds. The van der Waals surface area contributed by atoms with Gasteiger partial charge in [0.25, 0.3) is 0 Å². The standard InChI is InChI=1S/C13H21N5/c1-2-10-11-12(14)15-16-13(11)18(17-10)9-7-5-3-4-6-8-9/h9H,2-8H2,1H3,(H3,14,15,16). The number of aromatic amines is 1. The fourth-order valence-corrected chi connectivity index (χ4v) is 3.03. The molecular weight excluding hydrogens is 226 g/mol. The van der Waals surface area contributed by atoms with Crippen LogP contribution in [-0.2, 0) is 6.42 Å². The Morgan fingerprint density at radius 1 is 1.28 bits per heavy atom. The molecule has 3 rings (SSSR count). The summed E-state index contributed by atoms with van der Waals surface area (Å²) in [6, 6.07) is 0.498. The fourth-order valence-electron chi connectivity index (χ4n) is 3.03. The van der Waals surface area contributed by atoms with Crippen LogP contribution in [0.5, 0.6) is 0 Å². The molecule has 0 radical (unpaired) electrons. The second kappa shape index (κ2) is 4.63. The molecule has 1 aliphatic carbocycles. The van der Waals surface area contributed by atoms with E-state index in [4.69, 9.17) is 10.8 Å². The van der Waals surface area contributed by atoms with Crippen LogP contribution in [0.25, 0.3) is 11.0 Å². The Hall–Kier alpha value is -1.52. The fraction of sp³-hybridized carbons (Fsp3) is 0.692. The molecule has 0 aromatic carbocycles. The second-order valence-corrected chi connectivity index (χ2v) is 5.23. The number of nitrogens with two attached hydrogens (primary N) is 1. The van der Waals surface area contributed by atoms with Crippen molar-refractivity contribution in [3.8, 4) is 0 Å². The van der Waals surface area contributed by atoms with E-state index < -0.39 is 0 Å². The van der Waals surface area contributed by atoms with Gasteiger partial charge in [-0.3, -0.25) is 5.10 Å². The van der Waals surface area contributed by atoms with Crippen LogP contribution in [0.1, 0.15) is 57.2 Å². The lowest BCUT2D eigenvalue weighted by atomic mass is 10.1. The Morgan fingerprint density at radius 3 is 2.67 bits per heavy atom. The molecule has 2 aromatic rings. The SMILES string of the molecule is CCc1nn(C2CCCCCC2)c2n[nH]c(N)c12. The zero-order valence-corrected chi connectivity index (χ0v) is 10.9. The largest absolute Gasteiger partial charge is 0.383 e. The quantitative estimate of drug-likeness (QED) is 0.801. The summed E-state index contributed by atoms with van der Waals surface area (Å²) in [7, 11) is 0. The molecule has 0 saturated heterocycles. The van der Waals surface area contributed by atoms with Crippen LogP contribution in [0.3, 0.4) is 0 Å². The number of aryl methyl sites for hydroxylation is 1. The predicted octanol–water partition coefficient (Wildman–Crippen LogP) is 2.80. The molecule has 3 N–H and O–H groups in total. The van der Waals surface area contributed by atoms with E-state index in [1.54, 1.807) is 0 Å². The smallest absolute Gasteiger partial charge is 0.182 e. The van der Waals surface area contributed by atoms with E-state index in [1.807, 2.05) is 0 Å². The van der Waals surface area contributed by atoms with E-state index in [9.17, 15) is 0 Å². The van der Waals surface area contributed by atoms with Gasteiger partial charge >= 0.3 is 0 Å². The molecule has 1 saturated carbocycles. The number of hydrogen-bond donors (Lipinski definition) is 2. The van der Waals surface area contributed by atoms with Gasteiger partial charge in [0.1, 0.15) is 5.82 Å². The first-order valence-electron chi connectivity index (χ1n) is 7.02. The highest BCUT2D eigenvalue weighted by molar-refractivity contribution is 5.89. The molecule has 0 bridgehead atoms. The minimum absolute atomic E-state index is 0.498. The Bertz CT molecular complexity index is 531. The third-order valence-electron chi connectivity index (χ3n) is 4.01. The number of aromatic nitrogens is 4. The maximum absolute atomic E-state index is 5.95. The van der Waals surface area contributed by atoms with E-state index >= 15 is 0 Å². The van der Waals surface area contributed by atoms with E-state index in [0.717, 1.165) is 23.1 Å². The second-order valence-electron chi connectivity index (χ2n) is 5.23. The number of H-pyrrole nitrogens is 1. The molecular formula is C13H21N5. The van der Waals surface area contributed by atoms with Gasteiger partial charge in [-0.05, 0) is 19.3 Å². The summed E-state index contributed by atoms with van der Waals surface area (Å²) in [5.74, 6) is 0.654. The van der Waals surface area contributed by atoms with Crippen LogP contribution >= 0.6 is 0 Å². The number of nitrogens with one attached hydrogen (secondary N) is 1. The third-order valence-corrected chi connectivity index (χ3v) is 4.01. The number of nitrogens with zero attached hydrogens (tertiary/aromatic N) is 3. The lowest BCUT2D eigenvalue weighted by Crippen LogP contribution is -2.10. The Labute approximate surface area is 107 Å². The van der Waals surface area contributed by atoms with Crippen molar-refractivity contribution in [2.75, 3.05) is 5.73 Å². The van der Waals surface area contributed by atoms with Gasteiger partial charge in [0.2, 0.25) is 0 Å². The topological polar surface area (TPSA) is 72.5 Å². The van der Waals surface area contributed by atoms with Gasteiger partial charge in [-0.1, -0.05) is 32.6 Å². The lowest BCUT2D eigenvalue weighted by molar-refractivity contribution is 0.412. The van der Waals surface area contributed by atoms with Gasteiger partial charge in [-0.25, -0.2) is 4.68 Å². The summed E-state index contributed by atoms with van der Waals surface area (Å²) < 4.78 is 2.12. The number of anilines is 1. The maximum atomic E-state index is 5.95. The molecule has 0 spiro atoms. The van der Waals surface area contributed by atoms with Crippen molar-refractivity contribution in [2.45, 2.75) is 57.9 Å². The highest BCUT2D eigenvalue weighted by Gasteiger charge is 2.22. The van der Waals surface area contributed by atoms with Crippen LogP contribution in [0.2, 0.25) is 0 Å². The first kappa shape index (κ1) is 11.6. The first-order valence-corrected chi connectivity index (χ1v) is 7.02. The predicted molar refractivity (Wildman–Crippen MR) is 72.4 cm³/mol. The molecule has 1 fully saturated rings. The van der Waals surface area contributed by atoms with Crippen molar-refractivity contribution < 1.29 is 0 Å². The molecule has 2 aromatic heterocycles. The molecule has 0 atom stereocenters. The van der Waals surface area contributed by atoms with Gasteiger partial charge in [0.15, 0.2) is 5.65 Å². The zero-order valence-electron chi connectivity index (χ0n) is 10.9. The van der Waals surface area contributed by atoms with Gasteiger partial charge in [0, 0.05) is 0 Å². The minimum atomic E-state index is 0.498. The van der Waals surface area contributed by atoms with E-state index in [1.165, 1.54) is 38.5 Å². The van der Waals surface area contributed by atoms with Crippen molar-refractivity contribution in [1.82, 2.24) is 20.0 Å². The van der Waals surface area contributed by atoms with E-state index in [2.05, 4.69) is 21.8 Å². The molecule has 5 nitrogen and oxygen atoms in total. The van der Waals surface area contributed by atoms with Crippen LogP contribution < -0.4 is 5.73 Å². The summed E-state index contributed by atoms with van der Waals surface area (Å²) in [5, 5.41) is 13.0. The number of fused-ring (bicyclic) bond motifs is 1. The Morgan fingerprint density at radius 2 is 2.00 bits per heavy atom. The van der Waals surface area contributed by atoms with Crippen LogP contribution in [-0.4, -0.2) is 20.0 Å². The normalized spacial score (nSPS) is 18.3. The molecule has 0 unspecified atom stereocenters. The monoisotopic (exact) mass is 247 g/mol. The van der Waals surface area contributed by atoms with Gasteiger partial charge in [-0.2, -0.15) is 10.2 Å². The number of nitrogen functional groups attached to an aromatic ring is 1. The van der Waals surface area contributed by atoms with Crippen molar-refractivity contribution in [3.63, 3.8) is 0 Å². The summed E-state index contributed by atoms with van der Waals surface area (Å²) in [6.45, 7) is 2.12. The molecule has 2 heterocycles. The van der Waals surface area contributed by atoms with E-state index in [-0.39, 0.29) is 0 Å². The molecule has 98 valence electrons. The van der Waals surface area contributed by atoms with Crippen LogP contribution in [0.15, 0.2) is 0 Å². The molecule has 1 aliphatic rings. The third kappa shape index (κ3) is 1.78. The number of hydrogen-bond acceptors (Lipinski definition) is 3. The van der Waals surface area contributed by atoms with Crippen LogP contribution in [0.4, 0.5) is 5.82 Å². The summed E-state index contributed by atoms with van der Waals surface area (Å²) >= 11 is 0. The summed E-state index contributed by atoms with van der Waals surface area (Å²) in [5.41, 5.74) is 7.97. The maximum Gasteiger partial charge on any atom is 0.182 e. The van der Waals surface area contributed by atoms with Crippen molar-refractivity contribution in [1.29, 1.82) is 0 Å². The van der Waals surface area contributed by atoms with Gasteiger partial charge in [-0.15, -0.1) is 0 Å². The van der Waals surface area contributed by atoms with Gasteiger partial charge in [0.05, 0.1) is 17.1 Å². The minimum Gasteiger partial charge on any atom is -0.383 e. The number of rotatable bonds is 2. The Balaban J connectivity index is 2.05. The molecule has 18 heavy (non-hydrogen) atoms. The molecule has 5 heteroatoms. The lowest BCUT2D eigenvalue weighted by Gasteiger charge is -2.14. The highest BCUT2D eigenvalue weighted by Crippen LogP contribution is 2.31. The Kier molecular flexibility index (Phi) is 2.97. The zero-order chi connectivity index (χ0) is 12.5.